The molecule has 2 nitrogen and oxygen atoms in total. The van der Waals surface area contributed by atoms with Gasteiger partial charge in [-0.15, -0.1) is 0 Å². The number of halogens is 1. The molecule has 0 aromatic heterocycles. The summed E-state index contributed by atoms with van der Waals surface area (Å²) in [7, 11) is 0. The lowest BCUT2D eigenvalue weighted by Crippen LogP contribution is -2.08. The van der Waals surface area contributed by atoms with Crippen molar-refractivity contribution in [1.29, 1.82) is 0 Å². The van der Waals surface area contributed by atoms with Crippen LogP contribution < -0.4 is 4.74 Å². The van der Waals surface area contributed by atoms with Gasteiger partial charge in [-0.2, -0.15) is 0 Å². The van der Waals surface area contributed by atoms with Gasteiger partial charge in [-0.1, -0.05) is 103 Å². The summed E-state index contributed by atoms with van der Waals surface area (Å²) in [5.41, 5.74) is 0. The maximum absolute atomic E-state index is 11.9. The quantitative estimate of drug-likeness (QED) is 0.105. The summed E-state index contributed by atoms with van der Waals surface area (Å²) in [4.78, 5) is 11.9. The highest BCUT2D eigenvalue weighted by molar-refractivity contribution is 14.1. The minimum atomic E-state index is -0.104. The van der Waals surface area contributed by atoms with E-state index in [0.29, 0.717) is 12.2 Å². The summed E-state index contributed by atoms with van der Waals surface area (Å²) in [6.07, 6.45) is 19.2. The molecule has 0 saturated carbocycles. The van der Waals surface area contributed by atoms with Gasteiger partial charge >= 0.3 is 5.97 Å². The van der Waals surface area contributed by atoms with Crippen LogP contribution in [0.5, 0.6) is 5.75 Å². The maximum atomic E-state index is 11.9. The highest BCUT2D eigenvalue weighted by Crippen LogP contribution is 2.20. The van der Waals surface area contributed by atoms with E-state index in [-0.39, 0.29) is 5.97 Å². The van der Waals surface area contributed by atoms with Crippen LogP contribution in [0.1, 0.15) is 103 Å². The van der Waals surface area contributed by atoms with Gasteiger partial charge in [0.25, 0.3) is 0 Å². The molecule has 3 heteroatoms. The van der Waals surface area contributed by atoms with Crippen molar-refractivity contribution < 1.29 is 9.53 Å². The fraction of sp³-hybridized carbons (Fsp3) is 0.696. The van der Waals surface area contributed by atoms with Crippen LogP contribution in [0.4, 0.5) is 0 Å². The second-order valence-corrected chi connectivity index (χ2v) is 8.41. The van der Waals surface area contributed by atoms with Gasteiger partial charge < -0.3 is 4.74 Å². The van der Waals surface area contributed by atoms with Gasteiger partial charge in [0.2, 0.25) is 0 Å². The van der Waals surface area contributed by atoms with Crippen LogP contribution in [0.2, 0.25) is 0 Å². The number of carbonyl (C=O) groups excluding carboxylic acids is 1. The second kappa shape index (κ2) is 16.6. The molecule has 0 spiro atoms. The molecular weight excluding hydrogens is 435 g/mol. The van der Waals surface area contributed by atoms with Crippen molar-refractivity contribution in [2.75, 3.05) is 0 Å². The Morgan fingerprint density at radius 2 is 1.23 bits per heavy atom. The normalized spacial score (nSPS) is 10.8. The van der Waals surface area contributed by atoms with Crippen LogP contribution in [-0.2, 0) is 4.79 Å². The molecule has 0 unspecified atom stereocenters. The van der Waals surface area contributed by atoms with Crippen LogP contribution in [0.3, 0.4) is 0 Å². The predicted octanol–water partition coefficient (Wildman–Crippen LogP) is 8.07. The van der Waals surface area contributed by atoms with Gasteiger partial charge in [0.05, 0.1) is 3.57 Å². The lowest BCUT2D eigenvalue weighted by Gasteiger charge is -2.06. The highest BCUT2D eigenvalue weighted by Gasteiger charge is 2.07. The molecular formula is C23H37IO2. The van der Waals surface area contributed by atoms with Gasteiger partial charge in [-0.25, -0.2) is 0 Å². The van der Waals surface area contributed by atoms with E-state index in [1.807, 2.05) is 24.3 Å². The molecule has 26 heavy (non-hydrogen) atoms. The van der Waals surface area contributed by atoms with E-state index in [2.05, 4.69) is 29.5 Å². The molecule has 1 aromatic carbocycles. The fourth-order valence-electron chi connectivity index (χ4n) is 3.17. The molecule has 0 aliphatic heterocycles. The van der Waals surface area contributed by atoms with Crippen molar-refractivity contribution in [2.45, 2.75) is 103 Å². The molecule has 0 bridgehead atoms. The molecule has 0 fully saturated rings. The van der Waals surface area contributed by atoms with Crippen molar-refractivity contribution in [3.63, 3.8) is 0 Å². The Morgan fingerprint density at radius 1 is 0.769 bits per heavy atom. The average Bonchev–Trinajstić information content (AvgIpc) is 2.64. The Bertz CT molecular complexity index is 473. The summed E-state index contributed by atoms with van der Waals surface area (Å²) in [5, 5.41) is 0. The first kappa shape index (κ1) is 23.5. The Kier molecular flexibility index (Phi) is 15.0. The first-order valence-electron chi connectivity index (χ1n) is 10.7. The zero-order chi connectivity index (χ0) is 18.9. The minimum Gasteiger partial charge on any atom is -0.425 e. The number of benzene rings is 1. The minimum absolute atomic E-state index is 0.104. The number of carbonyl (C=O) groups is 1. The van der Waals surface area contributed by atoms with Crippen LogP contribution >= 0.6 is 22.6 Å². The van der Waals surface area contributed by atoms with Crippen molar-refractivity contribution >= 4 is 28.6 Å². The monoisotopic (exact) mass is 472 g/mol. The molecule has 0 aliphatic carbocycles. The van der Waals surface area contributed by atoms with Crippen LogP contribution in [0, 0.1) is 3.57 Å². The van der Waals surface area contributed by atoms with E-state index in [4.69, 9.17) is 4.74 Å². The van der Waals surface area contributed by atoms with Crippen LogP contribution in [-0.4, -0.2) is 5.97 Å². The third-order valence-corrected chi connectivity index (χ3v) is 5.69. The molecule has 0 aliphatic rings. The van der Waals surface area contributed by atoms with E-state index in [1.54, 1.807) is 0 Å². The number of hydrogen-bond acceptors (Lipinski definition) is 2. The SMILES string of the molecule is CCCCCCCCCCCCCCCCC(=O)Oc1ccccc1I. The topological polar surface area (TPSA) is 26.3 Å². The van der Waals surface area contributed by atoms with Crippen molar-refractivity contribution in [3.05, 3.63) is 27.8 Å². The molecule has 1 aromatic rings. The number of ether oxygens (including phenoxy) is 1. The number of rotatable bonds is 16. The van der Waals surface area contributed by atoms with E-state index in [0.717, 1.165) is 16.4 Å². The summed E-state index contributed by atoms with van der Waals surface area (Å²) in [6, 6.07) is 7.66. The first-order chi connectivity index (χ1) is 12.7. The summed E-state index contributed by atoms with van der Waals surface area (Å²) < 4.78 is 6.40. The smallest absolute Gasteiger partial charge is 0.311 e. The first-order valence-corrected chi connectivity index (χ1v) is 11.8. The predicted molar refractivity (Wildman–Crippen MR) is 120 cm³/mol. The third-order valence-electron chi connectivity index (χ3n) is 4.79. The number of unbranched alkanes of at least 4 members (excludes halogenated alkanes) is 13. The van der Waals surface area contributed by atoms with E-state index in [1.165, 1.54) is 77.0 Å². The van der Waals surface area contributed by atoms with Gasteiger partial charge in [0, 0.05) is 6.42 Å². The van der Waals surface area contributed by atoms with Crippen LogP contribution in [0.25, 0.3) is 0 Å². The largest absolute Gasteiger partial charge is 0.425 e. The molecule has 148 valence electrons. The zero-order valence-electron chi connectivity index (χ0n) is 16.6. The van der Waals surface area contributed by atoms with Gasteiger partial charge in [-0.3, -0.25) is 4.79 Å². The fourth-order valence-corrected chi connectivity index (χ4v) is 3.66. The lowest BCUT2D eigenvalue weighted by atomic mass is 10.0. The molecule has 0 heterocycles. The van der Waals surface area contributed by atoms with E-state index >= 15 is 0 Å². The molecule has 0 amide bonds. The van der Waals surface area contributed by atoms with Crippen molar-refractivity contribution in [2.24, 2.45) is 0 Å². The number of para-hydroxylation sites is 1. The summed E-state index contributed by atoms with van der Waals surface area (Å²) >= 11 is 2.20. The Balaban J connectivity index is 1.85. The van der Waals surface area contributed by atoms with E-state index in [9.17, 15) is 4.79 Å². The molecule has 1 rings (SSSR count). The molecule has 0 N–H and O–H groups in total. The van der Waals surface area contributed by atoms with Crippen LogP contribution in [0.15, 0.2) is 24.3 Å². The molecule has 0 saturated heterocycles. The maximum Gasteiger partial charge on any atom is 0.311 e. The van der Waals surface area contributed by atoms with Crippen molar-refractivity contribution in [1.82, 2.24) is 0 Å². The average molecular weight is 472 g/mol. The summed E-state index contributed by atoms with van der Waals surface area (Å²) in [6.45, 7) is 2.27. The summed E-state index contributed by atoms with van der Waals surface area (Å²) in [5.74, 6) is 0.580. The third kappa shape index (κ3) is 12.7. The standard InChI is InChI=1S/C23H37IO2/c1-2-3-4-5-6-7-8-9-10-11-12-13-14-15-20-23(25)26-22-19-17-16-18-21(22)24/h16-19H,2-15,20H2,1H3. The Hall–Kier alpha value is -0.580. The zero-order valence-corrected chi connectivity index (χ0v) is 18.8. The van der Waals surface area contributed by atoms with Gasteiger partial charge in [-0.05, 0) is 41.1 Å². The number of hydrogen-bond donors (Lipinski definition) is 0. The number of esters is 1. The van der Waals surface area contributed by atoms with Gasteiger partial charge in [0.1, 0.15) is 5.75 Å². The molecule has 0 radical (unpaired) electrons. The second-order valence-electron chi connectivity index (χ2n) is 7.25. The Morgan fingerprint density at radius 3 is 1.73 bits per heavy atom. The molecule has 0 atom stereocenters. The van der Waals surface area contributed by atoms with E-state index < -0.39 is 0 Å². The van der Waals surface area contributed by atoms with Gasteiger partial charge in [0.15, 0.2) is 0 Å². The highest BCUT2D eigenvalue weighted by atomic mass is 127. The lowest BCUT2D eigenvalue weighted by molar-refractivity contribution is -0.134. The van der Waals surface area contributed by atoms with Crippen molar-refractivity contribution in [3.8, 4) is 5.75 Å². The Labute approximate surface area is 174 Å².